The molecule has 53 heavy (non-hydrogen) atoms. The second kappa shape index (κ2) is 11.0. The number of hydrogen-bond acceptors (Lipinski definition) is 3. The predicted molar refractivity (Wildman–Crippen MR) is 221 cm³/mol. The average molecular weight is 683 g/mol. The zero-order valence-electron chi connectivity index (χ0n) is 29.7. The summed E-state index contributed by atoms with van der Waals surface area (Å²) in [6, 6.07) is 54.2. The van der Waals surface area contributed by atoms with Crippen molar-refractivity contribution in [1.29, 1.82) is 0 Å². The SMILES string of the molecule is CC(C)(C)c1cc2ccc(-c3ccc(-c4c5ccccc5c(-c5cccc6oc7ccc8c9ccccc9oc8c7c56)c5ccccc45)cc3)cc2o1. The Morgan fingerprint density at radius 3 is 1.70 bits per heavy atom. The molecule has 0 aliphatic rings. The minimum atomic E-state index is -0.0399. The molecule has 0 aliphatic heterocycles. The van der Waals surface area contributed by atoms with Crippen LogP contribution in [0.1, 0.15) is 26.5 Å². The lowest BCUT2D eigenvalue weighted by Gasteiger charge is -2.18. The van der Waals surface area contributed by atoms with Gasteiger partial charge in [0.15, 0.2) is 0 Å². The highest BCUT2D eigenvalue weighted by Crippen LogP contribution is 2.48. The molecule has 11 aromatic rings. The van der Waals surface area contributed by atoms with Crippen LogP contribution >= 0.6 is 0 Å². The fraction of sp³-hybridized carbons (Fsp3) is 0.0800. The van der Waals surface area contributed by atoms with Gasteiger partial charge in [-0.2, -0.15) is 0 Å². The molecule has 0 atom stereocenters. The summed E-state index contributed by atoms with van der Waals surface area (Å²) in [5.74, 6) is 1.00. The Bertz CT molecular complexity index is 3190. The molecule has 0 saturated carbocycles. The van der Waals surface area contributed by atoms with Crippen molar-refractivity contribution in [2.75, 3.05) is 0 Å². The summed E-state index contributed by atoms with van der Waals surface area (Å²) >= 11 is 0. The van der Waals surface area contributed by atoms with E-state index in [2.05, 4.69) is 160 Å². The molecule has 252 valence electrons. The van der Waals surface area contributed by atoms with Crippen molar-refractivity contribution in [3.8, 4) is 33.4 Å². The molecule has 8 aromatic carbocycles. The summed E-state index contributed by atoms with van der Waals surface area (Å²) in [7, 11) is 0. The van der Waals surface area contributed by atoms with Crippen LogP contribution in [0.4, 0.5) is 0 Å². The van der Waals surface area contributed by atoms with Crippen molar-refractivity contribution in [3.63, 3.8) is 0 Å². The van der Waals surface area contributed by atoms with Gasteiger partial charge in [-0.25, -0.2) is 0 Å². The van der Waals surface area contributed by atoms with Crippen LogP contribution in [-0.4, -0.2) is 0 Å². The maximum Gasteiger partial charge on any atom is 0.147 e. The number of hydrogen-bond donors (Lipinski definition) is 0. The molecule has 3 nitrogen and oxygen atoms in total. The molecule has 0 spiro atoms. The molecular formula is C50H34O3. The normalized spacial score (nSPS) is 12.4. The lowest BCUT2D eigenvalue weighted by atomic mass is 9.84. The quantitative estimate of drug-likeness (QED) is 0.174. The molecule has 11 rings (SSSR count). The summed E-state index contributed by atoms with van der Waals surface area (Å²) in [6.45, 7) is 6.55. The predicted octanol–water partition coefficient (Wildman–Crippen LogP) is 14.8. The largest absolute Gasteiger partial charge is 0.460 e. The summed E-state index contributed by atoms with van der Waals surface area (Å²) in [6.07, 6.45) is 0. The van der Waals surface area contributed by atoms with Crippen molar-refractivity contribution in [3.05, 3.63) is 157 Å². The van der Waals surface area contributed by atoms with Gasteiger partial charge in [-0.3, -0.25) is 0 Å². The van der Waals surface area contributed by atoms with Gasteiger partial charge in [-0.15, -0.1) is 0 Å². The van der Waals surface area contributed by atoms with Crippen molar-refractivity contribution in [1.82, 2.24) is 0 Å². The fourth-order valence-corrected chi connectivity index (χ4v) is 8.43. The van der Waals surface area contributed by atoms with Gasteiger partial charge < -0.3 is 13.3 Å². The van der Waals surface area contributed by atoms with Crippen LogP contribution < -0.4 is 0 Å². The van der Waals surface area contributed by atoms with Crippen LogP contribution in [0.15, 0.2) is 165 Å². The van der Waals surface area contributed by atoms with Crippen LogP contribution in [0, 0.1) is 0 Å². The minimum absolute atomic E-state index is 0.0399. The Kier molecular flexibility index (Phi) is 6.22. The number of para-hydroxylation sites is 1. The van der Waals surface area contributed by atoms with Gasteiger partial charge in [0.05, 0.1) is 5.39 Å². The second-order valence-corrected chi connectivity index (χ2v) is 15.2. The van der Waals surface area contributed by atoms with Crippen molar-refractivity contribution in [2.24, 2.45) is 0 Å². The summed E-state index contributed by atoms with van der Waals surface area (Å²) < 4.78 is 19.4. The van der Waals surface area contributed by atoms with Gasteiger partial charge >= 0.3 is 0 Å². The highest BCUT2D eigenvalue weighted by atomic mass is 16.3. The first-order valence-electron chi connectivity index (χ1n) is 18.2. The monoisotopic (exact) mass is 682 g/mol. The number of rotatable bonds is 3. The van der Waals surface area contributed by atoms with Crippen molar-refractivity contribution >= 4 is 76.4 Å². The summed E-state index contributed by atoms with van der Waals surface area (Å²) in [5.41, 5.74) is 11.3. The maximum absolute atomic E-state index is 6.59. The second-order valence-electron chi connectivity index (χ2n) is 15.2. The van der Waals surface area contributed by atoms with Crippen molar-refractivity contribution < 1.29 is 13.3 Å². The van der Waals surface area contributed by atoms with E-state index in [1.807, 2.05) is 12.1 Å². The maximum atomic E-state index is 6.59. The third-order valence-corrected chi connectivity index (χ3v) is 11.0. The zero-order chi connectivity index (χ0) is 35.4. The lowest BCUT2D eigenvalue weighted by Crippen LogP contribution is -2.08. The number of furan rings is 3. The highest BCUT2D eigenvalue weighted by molar-refractivity contribution is 6.29. The van der Waals surface area contributed by atoms with Crippen LogP contribution in [0.2, 0.25) is 0 Å². The highest BCUT2D eigenvalue weighted by Gasteiger charge is 2.23. The molecular weight excluding hydrogens is 649 g/mol. The van der Waals surface area contributed by atoms with Crippen LogP contribution in [0.25, 0.3) is 110 Å². The summed E-state index contributed by atoms with van der Waals surface area (Å²) in [4.78, 5) is 0. The molecule has 0 radical (unpaired) electrons. The molecule has 0 N–H and O–H groups in total. The number of benzene rings is 8. The first kappa shape index (κ1) is 30.1. The first-order chi connectivity index (χ1) is 25.9. The third-order valence-electron chi connectivity index (χ3n) is 11.0. The molecule has 0 aliphatic carbocycles. The van der Waals surface area contributed by atoms with E-state index < -0.39 is 0 Å². The topological polar surface area (TPSA) is 39.4 Å². The Labute approximate surface area is 305 Å². The van der Waals surface area contributed by atoms with Crippen molar-refractivity contribution in [2.45, 2.75) is 26.2 Å². The molecule has 0 amide bonds. The standard InChI is InChI=1S/C50H34O3/c1-50(2,3)44-28-32-24-23-31(27-43(32)52-44)29-19-21-30(22-20-29)45-34-12-4-6-14-36(34)46(37-15-7-5-13-35(37)45)39-16-10-18-41-47(39)48-42(51-41)26-25-38-33-11-8-9-17-40(33)53-49(38)48/h4-28H,1-3H3. The molecule has 0 fully saturated rings. The van der Waals surface area contributed by atoms with E-state index in [1.165, 1.54) is 38.2 Å². The first-order valence-corrected chi connectivity index (χ1v) is 18.2. The van der Waals surface area contributed by atoms with E-state index in [4.69, 9.17) is 13.3 Å². The van der Waals surface area contributed by atoms with E-state index in [1.54, 1.807) is 0 Å². The van der Waals surface area contributed by atoms with Gasteiger partial charge in [0.1, 0.15) is 33.7 Å². The molecule has 0 bridgehead atoms. The lowest BCUT2D eigenvalue weighted by molar-refractivity contribution is 0.430. The van der Waals surface area contributed by atoms with Crippen LogP contribution in [0.3, 0.4) is 0 Å². The Morgan fingerprint density at radius 2 is 0.981 bits per heavy atom. The molecule has 0 saturated heterocycles. The smallest absolute Gasteiger partial charge is 0.147 e. The van der Waals surface area contributed by atoms with Gasteiger partial charge in [0.25, 0.3) is 0 Å². The summed E-state index contributed by atoms with van der Waals surface area (Å²) in [5, 5.41) is 10.2. The van der Waals surface area contributed by atoms with E-state index in [0.717, 1.165) is 77.3 Å². The Hall–Kier alpha value is -6.58. The van der Waals surface area contributed by atoms with E-state index in [-0.39, 0.29) is 5.41 Å². The third kappa shape index (κ3) is 4.47. The van der Waals surface area contributed by atoms with E-state index in [9.17, 15) is 0 Å². The fourth-order valence-electron chi connectivity index (χ4n) is 8.43. The minimum Gasteiger partial charge on any atom is -0.460 e. The van der Waals surface area contributed by atoms with Gasteiger partial charge in [0.2, 0.25) is 0 Å². The Balaban J connectivity index is 1.13. The van der Waals surface area contributed by atoms with E-state index in [0.29, 0.717) is 0 Å². The van der Waals surface area contributed by atoms with Gasteiger partial charge in [-0.1, -0.05) is 136 Å². The zero-order valence-corrected chi connectivity index (χ0v) is 29.7. The van der Waals surface area contributed by atoms with E-state index >= 15 is 0 Å². The van der Waals surface area contributed by atoms with Gasteiger partial charge in [0, 0.05) is 27.0 Å². The van der Waals surface area contributed by atoms with Gasteiger partial charge in [-0.05, 0) is 91.3 Å². The molecule has 3 aromatic heterocycles. The van der Waals surface area contributed by atoms with Crippen LogP contribution in [0.5, 0.6) is 0 Å². The molecule has 3 heteroatoms. The molecule has 3 heterocycles. The molecule has 0 unspecified atom stereocenters. The van der Waals surface area contributed by atoms with Crippen LogP contribution in [-0.2, 0) is 5.41 Å². The average Bonchev–Trinajstić information content (AvgIpc) is 3.90. The number of fused-ring (bicyclic) bond motifs is 10. The Morgan fingerprint density at radius 1 is 0.377 bits per heavy atom.